The fourth-order valence-electron chi connectivity index (χ4n) is 2.04. The Morgan fingerprint density at radius 1 is 1.41 bits per heavy atom. The molecule has 0 fully saturated rings. The molecule has 112 valence electrons. The Hall–Kier alpha value is -3.03. The van der Waals surface area contributed by atoms with Crippen molar-refractivity contribution in [2.75, 3.05) is 0 Å². The summed E-state index contributed by atoms with van der Waals surface area (Å²) in [6.07, 6.45) is 2.53. The van der Waals surface area contributed by atoms with Crippen LogP contribution in [0.15, 0.2) is 41.4 Å². The summed E-state index contributed by atoms with van der Waals surface area (Å²) in [6, 6.07) is 5.70. The van der Waals surface area contributed by atoms with Gasteiger partial charge in [0, 0.05) is 5.56 Å². The van der Waals surface area contributed by atoms with Crippen LogP contribution in [0.4, 0.5) is 4.39 Å². The maximum atomic E-state index is 13.9. The number of nitrogens with zero attached hydrogens (tertiary/aromatic N) is 3. The lowest BCUT2D eigenvalue weighted by Crippen LogP contribution is -2.27. The van der Waals surface area contributed by atoms with Gasteiger partial charge < -0.3 is 9.84 Å². The van der Waals surface area contributed by atoms with Crippen molar-refractivity contribution in [3.05, 3.63) is 54.1 Å². The second kappa shape index (κ2) is 5.76. The van der Waals surface area contributed by atoms with Gasteiger partial charge in [-0.25, -0.2) is 4.39 Å². The molecule has 3 rings (SSSR count). The number of nitrogens with one attached hydrogen (secondary N) is 2. The van der Waals surface area contributed by atoms with E-state index in [0.717, 1.165) is 0 Å². The molecule has 0 spiro atoms. The van der Waals surface area contributed by atoms with Crippen LogP contribution in [0, 0.1) is 5.82 Å². The summed E-state index contributed by atoms with van der Waals surface area (Å²) in [5.74, 6) is -0.499. The SMILES string of the molecule is C[C@H](NC(=O)c1cn[nH]c1-c1ccccc1F)c1ncon1. The number of aromatic nitrogens is 4. The molecule has 1 aromatic carbocycles. The van der Waals surface area contributed by atoms with E-state index in [9.17, 15) is 9.18 Å². The molecule has 1 atom stereocenters. The monoisotopic (exact) mass is 301 g/mol. The molecule has 0 aliphatic heterocycles. The lowest BCUT2D eigenvalue weighted by molar-refractivity contribution is 0.0938. The van der Waals surface area contributed by atoms with Gasteiger partial charge in [0.2, 0.25) is 6.39 Å². The Balaban J connectivity index is 1.86. The predicted octanol–water partition coefficient (Wildman–Crippen LogP) is 2.09. The fraction of sp³-hybridized carbons (Fsp3) is 0.143. The van der Waals surface area contributed by atoms with Gasteiger partial charge in [-0.1, -0.05) is 17.3 Å². The molecule has 7 nitrogen and oxygen atoms in total. The summed E-state index contributed by atoms with van der Waals surface area (Å²) in [5, 5.41) is 12.8. The molecule has 2 N–H and O–H groups in total. The highest BCUT2D eigenvalue weighted by Gasteiger charge is 2.20. The maximum absolute atomic E-state index is 13.9. The topological polar surface area (TPSA) is 96.7 Å². The minimum absolute atomic E-state index is 0.237. The largest absolute Gasteiger partial charge is 0.343 e. The zero-order valence-electron chi connectivity index (χ0n) is 11.6. The van der Waals surface area contributed by atoms with E-state index in [4.69, 9.17) is 0 Å². The van der Waals surface area contributed by atoms with Crippen LogP contribution < -0.4 is 5.32 Å². The summed E-state index contributed by atoms with van der Waals surface area (Å²) < 4.78 is 18.5. The average Bonchev–Trinajstić information content (AvgIpc) is 3.19. The van der Waals surface area contributed by atoms with Crippen LogP contribution in [0.1, 0.15) is 29.1 Å². The Kier molecular flexibility index (Phi) is 3.65. The van der Waals surface area contributed by atoms with Crippen LogP contribution in [0.3, 0.4) is 0 Å². The second-order valence-electron chi connectivity index (χ2n) is 4.62. The highest BCUT2D eigenvalue weighted by atomic mass is 19.1. The third-order valence-corrected chi connectivity index (χ3v) is 3.14. The molecule has 0 bridgehead atoms. The molecule has 2 aromatic heterocycles. The summed E-state index contributed by atoms with van der Waals surface area (Å²) in [5.41, 5.74) is 0.828. The van der Waals surface area contributed by atoms with Gasteiger partial charge in [0.1, 0.15) is 5.82 Å². The van der Waals surface area contributed by atoms with E-state index in [2.05, 4.69) is 30.2 Å². The van der Waals surface area contributed by atoms with Gasteiger partial charge in [0.25, 0.3) is 5.91 Å². The molecular formula is C14H12FN5O2. The van der Waals surface area contributed by atoms with Gasteiger partial charge >= 0.3 is 0 Å². The van der Waals surface area contributed by atoms with E-state index in [-0.39, 0.29) is 11.1 Å². The summed E-state index contributed by atoms with van der Waals surface area (Å²) in [6.45, 7) is 1.71. The van der Waals surface area contributed by atoms with Crippen molar-refractivity contribution in [3.63, 3.8) is 0 Å². The van der Waals surface area contributed by atoms with Gasteiger partial charge in [-0.3, -0.25) is 9.89 Å². The normalized spacial score (nSPS) is 12.1. The van der Waals surface area contributed by atoms with Crippen molar-refractivity contribution in [2.24, 2.45) is 0 Å². The van der Waals surface area contributed by atoms with E-state index in [1.54, 1.807) is 25.1 Å². The number of hydrogen-bond acceptors (Lipinski definition) is 5. The molecular weight excluding hydrogens is 289 g/mol. The number of amides is 1. The van der Waals surface area contributed by atoms with Crippen LogP contribution in [0.25, 0.3) is 11.3 Å². The molecule has 0 saturated heterocycles. The van der Waals surface area contributed by atoms with Crippen molar-refractivity contribution in [2.45, 2.75) is 13.0 Å². The molecule has 0 aliphatic rings. The van der Waals surface area contributed by atoms with Crippen LogP contribution >= 0.6 is 0 Å². The molecule has 8 heteroatoms. The molecule has 0 aliphatic carbocycles. The van der Waals surface area contributed by atoms with E-state index in [0.29, 0.717) is 11.5 Å². The molecule has 22 heavy (non-hydrogen) atoms. The Morgan fingerprint density at radius 3 is 2.95 bits per heavy atom. The highest BCUT2D eigenvalue weighted by Crippen LogP contribution is 2.24. The number of carbonyl (C=O) groups excluding carboxylic acids is 1. The van der Waals surface area contributed by atoms with Crippen molar-refractivity contribution >= 4 is 5.91 Å². The molecule has 0 unspecified atom stereocenters. The van der Waals surface area contributed by atoms with E-state index >= 15 is 0 Å². The molecule has 0 radical (unpaired) electrons. The summed E-state index contributed by atoms with van der Waals surface area (Å²) in [7, 11) is 0. The first-order valence-electron chi connectivity index (χ1n) is 6.52. The lowest BCUT2D eigenvalue weighted by atomic mass is 10.1. The minimum atomic E-state index is -0.449. The minimum Gasteiger partial charge on any atom is -0.343 e. The third-order valence-electron chi connectivity index (χ3n) is 3.14. The first-order valence-corrected chi connectivity index (χ1v) is 6.52. The quantitative estimate of drug-likeness (QED) is 0.769. The van der Waals surface area contributed by atoms with Crippen LogP contribution in [0.5, 0.6) is 0 Å². The number of halogens is 1. The van der Waals surface area contributed by atoms with Gasteiger partial charge in [-0.2, -0.15) is 10.1 Å². The second-order valence-corrected chi connectivity index (χ2v) is 4.62. The Labute approximate surface area is 124 Å². The smallest absolute Gasteiger partial charge is 0.255 e. The van der Waals surface area contributed by atoms with Gasteiger partial charge in [0.05, 0.1) is 23.5 Å². The predicted molar refractivity (Wildman–Crippen MR) is 74.2 cm³/mol. The van der Waals surface area contributed by atoms with Gasteiger partial charge in [-0.15, -0.1) is 0 Å². The maximum Gasteiger partial charge on any atom is 0.255 e. The summed E-state index contributed by atoms with van der Waals surface area (Å²) in [4.78, 5) is 16.2. The fourth-order valence-corrected chi connectivity index (χ4v) is 2.04. The number of carbonyl (C=O) groups is 1. The average molecular weight is 301 g/mol. The van der Waals surface area contributed by atoms with E-state index < -0.39 is 17.8 Å². The van der Waals surface area contributed by atoms with Gasteiger partial charge in [-0.05, 0) is 19.1 Å². The van der Waals surface area contributed by atoms with Crippen LogP contribution in [-0.4, -0.2) is 26.2 Å². The molecule has 1 amide bonds. The molecule has 3 aromatic rings. The van der Waals surface area contributed by atoms with E-state index in [1.807, 2.05) is 0 Å². The lowest BCUT2D eigenvalue weighted by Gasteiger charge is -2.10. The van der Waals surface area contributed by atoms with Gasteiger partial charge in [0.15, 0.2) is 5.82 Å². The molecule has 0 saturated carbocycles. The first kappa shape index (κ1) is 13.9. The third kappa shape index (κ3) is 2.58. The standard InChI is InChI=1S/C14H12FN5O2/c1-8(13-16-7-22-20-13)18-14(21)10-6-17-19-12(10)9-4-2-3-5-11(9)15/h2-8H,1H3,(H,17,19)(H,18,21)/t8-/m0/s1. The van der Waals surface area contributed by atoms with Crippen LogP contribution in [0.2, 0.25) is 0 Å². The van der Waals surface area contributed by atoms with Crippen molar-refractivity contribution < 1.29 is 13.7 Å². The van der Waals surface area contributed by atoms with Crippen molar-refractivity contribution in [3.8, 4) is 11.3 Å². The number of benzene rings is 1. The van der Waals surface area contributed by atoms with E-state index in [1.165, 1.54) is 18.7 Å². The zero-order chi connectivity index (χ0) is 15.5. The van der Waals surface area contributed by atoms with Crippen LogP contribution in [-0.2, 0) is 0 Å². The summed E-state index contributed by atoms with van der Waals surface area (Å²) >= 11 is 0. The van der Waals surface area contributed by atoms with Crippen molar-refractivity contribution in [1.29, 1.82) is 0 Å². The first-order chi connectivity index (χ1) is 10.7. The molecule has 2 heterocycles. The van der Waals surface area contributed by atoms with Crippen molar-refractivity contribution in [1.82, 2.24) is 25.7 Å². The number of aromatic amines is 1. The Morgan fingerprint density at radius 2 is 2.23 bits per heavy atom. The Bertz CT molecular complexity index is 784. The number of hydrogen-bond donors (Lipinski definition) is 2. The number of rotatable bonds is 4. The highest BCUT2D eigenvalue weighted by molar-refractivity contribution is 5.99. The zero-order valence-corrected chi connectivity index (χ0v) is 11.6. The number of H-pyrrole nitrogens is 1.